The van der Waals surface area contributed by atoms with Gasteiger partial charge in [-0.1, -0.05) is 0 Å². The van der Waals surface area contributed by atoms with Crippen LogP contribution in [0, 0.1) is 17.5 Å². The number of rotatable bonds is 4. The molecular weight excluding hydrogens is 285 g/mol. The highest BCUT2D eigenvalue weighted by atomic mass is 19.1. The van der Waals surface area contributed by atoms with E-state index < -0.39 is 30.0 Å². The number of hydrogen-bond acceptors (Lipinski definition) is 3. The van der Waals surface area contributed by atoms with Crippen LogP contribution in [0.2, 0.25) is 0 Å². The van der Waals surface area contributed by atoms with Crippen molar-refractivity contribution in [3.8, 4) is 5.75 Å². The van der Waals surface area contributed by atoms with E-state index in [0.717, 1.165) is 24.3 Å². The molecule has 0 radical (unpaired) electrons. The van der Waals surface area contributed by atoms with Crippen LogP contribution in [0.1, 0.15) is 0 Å². The van der Waals surface area contributed by atoms with Gasteiger partial charge >= 0.3 is 0 Å². The number of nitrogens with one attached hydrogen (secondary N) is 1. The van der Waals surface area contributed by atoms with E-state index in [4.69, 9.17) is 10.5 Å². The van der Waals surface area contributed by atoms with Gasteiger partial charge in [-0.25, -0.2) is 13.2 Å². The monoisotopic (exact) mass is 296 g/mol. The van der Waals surface area contributed by atoms with Gasteiger partial charge in [-0.3, -0.25) is 4.79 Å². The third-order valence-electron chi connectivity index (χ3n) is 2.50. The highest BCUT2D eigenvalue weighted by molar-refractivity contribution is 5.94. The molecule has 0 aromatic heterocycles. The van der Waals surface area contributed by atoms with Gasteiger partial charge in [0.05, 0.1) is 11.4 Å². The lowest BCUT2D eigenvalue weighted by atomic mass is 10.2. The molecule has 7 heteroatoms. The fourth-order valence-corrected chi connectivity index (χ4v) is 1.58. The van der Waals surface area contributed by atoms with Gasteiger partial charge in [-0.05, 0) is 18.2 Å². The fraction of sp³-hybridized carbons (Fsp3) is 0.0714. The van der Waals surface area contributed by atoms with Crippen molar-refractivity contribution < 1.29 is 22.7 Å². The summed E-state index contributed by atoms with van der Waals surface area (Å²) in [4.78, 5) is 11.6. The van der Waals surface area contributed by atoms with E-state index in [2.05, 4.69) is 5.32 Å². The Labute approximate surface area is 118 Å². The summed E-state index contributed by atoms with van der Waals surface area (Å²) >= 11 is 0. The van der Waals surface area contributed by atoms with Gasteiger partial charge in [0.2, 0.25) is 0 Å². The molecule has 21 heavy (non-hydrogen) atoms. The van der Waals surface area contributed by atoms with E-state index in [1.807, 2.05) is 0 Å². The van der Waals surface area contributed by atoms with Gasteiger partial charge in [-0.15, -0.1) is 0 Å². The number of carbonyl (C=O) groups excluding carboxylic acids is 1. The van der Waals surface area contributed by atoms with Gasteiger partial charge in [0.1, 0.15) is 23.2 Å². The molecule has 0 aliphatic carbocycles. The first-order valence-electron chi connectivity index (χ1n) is 5.88. The van der Waals surface area contributed by atoms with Crippen LogP contribution in [0.4, 0.5) is 24.5 Å². The fourth-order valence-electron chi connectivity index (χ4n) is 1.58. The maximum atomic E-state index is 13.0. The lowest BCUT2D eigenvalue weighted by Crippen LogP contribution is -2.21. The molecule has 0 spiro atoms. The minimum atomic E-state index is -0.820. The Morgan fingerprint density at radius 1 is 1.05 bits per heavy atom. The number of nitrogens with two attached hydrogens (primary N) is 1. The third kappa shape index (κ3) is 4.13. The second-order valence-corrected chi connectivity index (χ2v) is 4.17. The summed E-state index contributed by atoms with van der Waals surface area (Å²) in [7, 11) is 0. The summed E-state index contributed by atoms with van der Waals surface area (Å²) in [5, 5.41) is 2.33. The van der Waals surface area contributed by atoms with Crippen LogP contribution >= 0.6 is 0 Å². The standard InChI is InChI=1S/C14H11F3N2O2/c15-8-1-2-12(18)13(6-8)19-14(20)7-21-11-4-9(16)3-10(17)5-11/h1-6H,7,18H2,(H,19,20). The number of halogens is 3. The quantitative estimate of drug-likeness (QED) is 0.853. The lowest BCUT2D eigenvalue weighted by molar-refractivity contribution is -0.118. The first-order valence-corrected chi connectivity index (χ1v) is 5.88. The van der Waals surface area contributed by atoms with Crippen molar-refractivity contribution >= 4 is 17.3 Å². The summed E-state index contributed by atoms with van der Waals surface area (Å²) < 4.78 is 43.8. The second kappa shape index (κ2) is 6.17. The van der Waals surface area contributed by atoms with Crippen LogP contribution in [-0.2, 0) is 4.79 Å². The lowest BCUT2D eigenvalue weighted by Gasteiger charge is -2.09. The first kappa shape index (κ1) is 14.7. The topological polar surface area (TPSA) is 64.3 Å². The van der Waals surface area contributed by atoms with Crippen molar-refractivity contribution in [2.24, 2.45) is 0 Å². The molecule has 0 fully saturated rings. The average molecular weight is 296 g/mol. The van der Waals surface area contributed by atoms with Crippen LogP contribution < -0.4 is 15.8 Å². The van der Waals surface area contributed by atoms with E-state index in [1.165, 1.54) is 6.07 Å². The Bertz CT molecular complexity index is 657. The molecule has 1 amide bonds. The largest absolute Gasteiger partial charge is 0.484 e. The zero-order valence-corrected chi connectivity index (χ0v) is 10.7. The molecular formula is C14H11F3N2O2. The van der Waals surface area contributed by atoms with Crippen molar-refractivity contribution in [2.75, 3.05) is 17.7 Å². The van der Waals surface area contributed by atoms with Crippen LogP contribution in [0.3, 0.4) is 0 Å². The molecule has 0 saturated heterocycles. The molecule has 4 nitrogen and oxygen atoms in total. The van der Waals surface area contributed by atoms with Crippen LogP contribution in [0.5, 0.6) is 5.75 Å². The number of carbonyl (C=O) groups is 1. The molecule has 0 saturated carbocycles. The molecule has 3 N–H and O–H groups in total. The average Bonchev–Trinajstić information content (AvgIpc) is 2.40. The summed E-state index contributed by atoms with van der Waals surface area (Å²) in [6.07, 6.45) is 0. The molecule has 0 atom stereocenters. The Hall–Kier alpha value is -2.70. The normalized spacial score (nSPS) is 10.2. The number of ether oxygens (including phenoxy) is 1. The first-order chi connectivity index (χ1) is 9.94. The summed E-state index contributed by atoms with van der Waals surface area (Å²) in [5.41, 5.74) is 5.84. The Morgan fingerprint density at radius 3 is 2.38 bits per heavy atom. The predicted octanol–water partition coefficient (Wildman–Crippen LogP) is 2.70. The highest BCUT2D eigenvalue weighted by Gasteiger charge is 2.08. The van der Waals surface area contributed by atoms with Gasteiger partial charge in [-0.2, -0.15) is 0 Å². The summed E-state index contributed by atoms with van der Waals surface area (Å²) in [6, 6.07) is 6.06. The Balaban J connectivity index is 1.97. The predicted molar refractivity (Wildman–Crippen MR) is 71.3 cm³/mol. The molecule has 2 aromatic rings. The van der Waals surface area contributed by atoms with E-state index in [1.54, 1.807) is 0 Å². The Morgan fingerprint density at radius 2 is 1.71 bits per heavy atom. The van der Waals surface area contributed by atoms with Gasteiger partial charge in [0.25, 0.3) is 5.91 Å². The van der Waals surface area contributed by atoms with E-state index >= 15 is 0 Å². The van der Waals surface area contributed by atoms with Gasteiger partial charge < -0.3 is 15.8 Å². The molecule has 0 heterocycles. The van der Waals surface area contributed by atoms with Crippen molar-refractivity contribution in [1.29, 1.82) is 0 Å². The van der Waals surface area contributed by atoms with E-state index in [0.29, 0.717) is 6.07 Å². The molecule has 0 aliphatic rings. The molecule has 2 rings (SSSR count). The van der Waals surface area contributed by atoms with Gasteiger partial charge in [0.15, 0.2) is 6.61 Å². The third-order valence-corrected chi connectivity index (χ3v) is 2.50. The smallest absolute Gasteiger partial charge is 0.262 e. The Kier molecular flexibility index (Phi) is 4.32. The van der Waals surface area contributed by atoms with Crippen LogP contribution in [-0.4, -0.2) is 12.5 Å². The molecule has 2 aromatic carbocycles. The number of hydrogen-bond donors (Lipinski definition) is 2. The highest BCUT2D eigenvalue weighted by Crippen LogP contribution is 2.19. The summed E-state index contributed by atoms with van der Waals surface area (Å²) in [5.74, 6) is -2.97. The molecule has 0 unspecified atom stereocenters. The van der Waals surface area contributed by atoms with Crippen molar-refractivity contribution in [2.45, 2.75) is 0 Å². The maximum absolute atomic E-state index is 13.0. The molecule has 110 valence electrons. The molecule has 0 bridgehead atoms. The second-order valence-electron chi connectivity index (χ2n) is 4.17. The van der Waals surface area contributed by atoms with Crippen molar-refractivity contribution in [3.05, 3.63) is 53.8 Å². The summed E-state index contributed by atoms with van der Waals surface area (Å²) in [6.45, 7) is -0.501. The van der Waals surface area contributed by atoms with Crippen LogP contribution in [0.15, 0.2) is 36.4 Å². The molecule has 0 aliphatic heterocycles. The van der Waals surface area contributed by atoms with Crippen molar-refractivity contribution in [3.63, 3.8) is 0 Å². The number of benzene rings is 2. The zero-order chi connectivity index (χ0) is 15.4. The van der Waals surface area contributed by atoms with E-state index in [-0.39, 0.29) is 17.1 Å². The minimum absolute atomic E-state index is 0.0917. The van der Waals surface area contributed by atoms with Gasteiger partial charge in [0, 0.05) is 18.2 Å². The van der Waals surface area contributed by atoms with Crippen molar-refractivity contribution in [1.82, 2.24) is 0 Å². The number of amides is 1. The zero-order valence-electron chi connectivity index (χ0n) is 10.7. The van der Waals surface area contributed by atoms with E-state index in [9.17, 15) is 18.0 Å². The number of anilines is 2. The maximum Gasteiger partial charge on any atom is 0.262 e. The number of nitrogen functional groups attached to an aromatic ring is 1. The van der Waals surface area contributed by atoms with Crippen LogP contribution in [0.25, 0.3) is 0 Å². The SMILES string of the molecule is Nc1ccc(F)cc1NC(=O)COc1cc(F)cc(F)c1. The minimum Gasteiger partial charge on any atom is -0.484 e.